The molecule has 2 rings (SSSR count). The van der Waals surface area contributed by atoms with Crippen LogP contribution in [0.1, 0.15) is 37.7 Å². The maximum Gasteiger partial charge on any atom is 0.223 e. The predicted molar refractivity (Wildman–Crippen MR) is 103 cm³/mol. The molecule has 0 bridgehead atoms. The molecule has 1 aliphatic rings. The summed E-state index contributed by atoms with van der Waals surface area (Å²) in [6.45, 7) is 2.15. The third kappa shape index (κ3) is 6.29. The molecule has 1 aromatic carbocycles. The van der Waals surface area contributed by atoms with E-state index in [0.29, 0.717) is 13.0 Å². The Morgan fingerprint density at radius 3 is 2.38 bits per heavy atom. The Bertz CT molecular complexity index is 683. The van der Waals surface area contributed by atoms with Crippen LogP contribution in [0.4, 0.5) is 0 Å². The monoisotopic (exact) mass is 382 g/mol. The van der Waals surface area contributed by atoms with Gasteiger partial charge in [-0.15, -0.1) is 0 Å². The molecule has 1 heterocycles. The third-order valence-corrected chi connectivity index (χ3v) is 6.13. The summed E-state index contributed by atoms with van der Waals surface area (Å²) in [7, 11) is -1.76. The maximum absolute atomic E-state index is 12.4. The van der Waals surface area contributed by atoms with Crippen molar-refractivity contribution >= 4 is 15.9 Å². The summed E-state index contributed by atoms with van der Waals surface area (Å²) in [6, 6.07) is 7.59. The van der Waals surface area contributed by atoms with Gasteiger partial charge in [-0.3, -0.25) is 4.79 Å². The van der Waals surface area contributed by atoms with Gasteiger partial charge in [0.2, 0.25) is 15.9 Å². The van der Waals surface area contributed by atoms with Crippen molar-refractivity contribution in [2.75, 3.05) is 39.5 Å². The van der Waals surface area contributed by atoms with E-state index in [0.717, 1.165) is 50.1 Å². The molecule has 0 saturated carbocycles. The minimum atomic E-state index is -3.37. The van der Waals surface area contributed by atoms with Crippen molar-refractivity contribution in [1.29, 1.82) is 0 Å². The van der Waals surface area contributed by atoms with Crippen molar-refractivity contribution in [1.82, 2.24) is 9.21 Å². The molecule has 0 aliphatic carbocycles. The van der Waals surface area contributed by atoms with Gasteiger partial charge in [0.25, 0.3) is 0 Å². The molecule has 0 spiro atoms. The minimum absolute atomic E-state index is 0.0536. The normalized spacial score (nSPS) is 15.7. The second kappa shape index (κ2) is 9.92. The number of para-hydroxylation sites is 1. The Labute approximate surface area is 157 Å². The quantitative estimate of drug-likeness (QED) is 0.692. The Balaban J connectivity index is 1.94. The van der Waals surface area contributed by atoms with E-state index in [4.69, 9.17) is 4.74 Å². The number of methoxy groups -OCH3 is 1. The van der Waals surface area contributed by atoms with E-state index in [9.17, 15) is 13.2 Å². The van der Waals surface area contributed by atoms with Crippen molar-refractivity contribution in [3.63, 3.8) is 0 Å². The van der Waals surface area contributed by atoms with Crippen molar-refractivity contribution in [2.45, 2.75) is 38.5 Å². The number of nitrogens with zero attached hydrogens (tertiary/aromatic N) is 2. The van der Waals surface area contributed by atoms with Crippen LogP contribution in [0.3, 0.4) is 0 Å². The topological polar surface area (TPSA) is 66.9 Å². The van der Waals surface area contributed by atoms with E-state index in [1.165, 1.54) is 10.6 Å². The van der Waals surface area contributed by atoms with Gasteiger partial charge in [0, 0.05) is 32.6 Å². The van der Waals surface area contributed by atoms with Crippen molar-refractivity contribution in [3.8, 4) is 5.75 Å². The molecule has 0 atom stereocenters. The summed E-state index contributed by atoms with van der Waals surface area (Å²) >= 11 is 0. The summed E-state index contributed by atoms with van der Waals surface area (Å²) in [6.07, 6.45) is 6.39. The highest BCUT2D eigenvalue weighted by Gasteiger charge is 2.21. The van der Waals surface area contributed by atoms with Gasteiger partial charge in [-0.1, -0.05) is 31.0 Å². The van der Waals surface area contributed by atoms with Crippen LogP contribution in [0, 0.1) is 0 Å². The molecule has 7 heteroatoms. The number of hydrogen-bond donors (Lipinski definition) is 0. The van der Waals surface area contributed by atoms with Crippen molar-refractivity contribution in [3.05, 3.63) is 29.8 Å². The Morgan fingerprint density at radius 1 is 1.12 bits per heavy atom. The average Bonchev–Trinajstić information content (AvgIpc) is 2.90. The zero-order valence-corrected chi connectivity index (χ0v) is 16.6. The van der Waals surface area contributed by atoms with Gasteiger partial charge in [0.1, 0.15) is 5.75 Å². The molecule has 1 aromatic rings. The molecule has 6 nitrogen and oxygen atoms in total. The van der Waals surface area contributed by atoms with Crippen LogP contribution in [0.2, 0.25) is 0 Å². The van der Waals surface area contributed by atoms with Gasteiger partial charge in [-0.2, -0.15) is 0 Å². The van der Waals surface area contributed by atoms with E-state index >= 15 is 0 Å². The van der Waals surface area contributed by atoms with Crippen LogP contribution in [0.15, 0.2) is 24.3 Å². The van der Waals surface area contributed by atoms with Crippen LogP contribution in [-0.2, 0) is 21.2 Å². The highest BCUT2D eigenvalue weighted by atomic mass is 32.2. The second-order valence-electron chi connectivity index (χ2n) is 6.77. The average molecular weight is 383 g/mol. The molecule has 0 aromatic heterocycles. The first-order valence-electron chi connectivity index (χ1n) is 9.26. The molecule has 26 heavy (non-hydrogen) atoms. The fourth-order valence-corrected chi connectivity index (χ4v) is 4.14. The Morgan fingerprint density at radius 2 is 1.77 bits per heavy atom. The van der Waals surface area contributed by atoms with Crippen molar-refractivity contribution in [2.24, 2.45) is 0 Å². The van der Waals surface area contributed by atoms with Crippen LogP contribution in [0.5, 0.6) is 5.75 Å². The lowest BCUT2D eigenvalue weighted by atomic mass is 10.1. The molecular weight excluding hydrogens is 352 g/mol. The van der Waals surface area contributed by atoms with Gasteiger partial charge >= 0.3 is 0 Å². The summed E-state index contributed by atoms with van der Waals surface area (Å²) in [4.78, 5) is 14.3. The van der Waals surface area contributed by atoms with E-state index in [2.05, 4.69) is 0 Å². The number of carbonyl (C=O) groups is 1. The maximum atomic E-state index is 12.4. The highest BCUT2D eigenvalue weighted by molar-refractivity contribution is 7.88. The molecule has 0 unspecified atom stereocenters. The fraction of sp³-hybridized carbons (Fsp3) is 0.632. The van der Waals surface area contributed by atoms with Gasteiger partial charge < -0.3 is 9.64 Å². The highest BCUT2D eigenvalue weighted by Crippen LogP contribution is 2.19. The van der Waals surface area contributed by atoms with Crippen molar-refractivity contribution < 1.29 is 17.9 Å². The number of likely N-dealkylation sites (tertiary alicyclic amines) is 1. The summed E-state index contributed by atoms with van der Waals surface area (Å²) in [5.74, 6) is 0.805. The smallest absolute Gasteiger partial charge is 0.223 e. The van der Waals surface area contributed by atoms with E-state index < -0.39 is 10.0 Å². The van der Waals surface area contributed by atoms with Crippen LogP contribution in [-0.4, -0.2) is 63.1 Å². The van der Waals surface area contributed by atoms with Gasteiger partial charge in [-0.25, -0.2) is 12.7 Å². The number of sulfonamides is 1. The van der Waals surface area contributed by atoms with Crippen LogP contribution < -0.4 is 4.74 Å². The molecule has 0 radical (unpaired) electrons. The van der Waals surface area contributed by atoms with Gasteiger partial charge in [-0.05, 0) is 30.9 Å². The van der Waals surface area contributed by atoms with Crippen LogP contribution in [0.25, 0.3) is 0 Å². The largest absolute Gasteiger partial charge is 0.496 e. The molecular formula is C19H30N2O4S. The number of carbonyl (C=O) groups excluding carboxylic acids is 1. The first-order valence-corrected chi connectivity index (χ1v) is 11.1. The summed E-state index contributed by atoms with van der Waals surface area (Å²) in [5.41, 5.74) is 0.961. The van der Waals surface area contributed by atoms with Gasteiger partial charge in [0.05, 0.1) is 13.4 Å². The fourth-order valence-electron chi connectivity index (χ4n) is 3.30. The lowest BCUT2D eigenvalue weighted by molar-refractivity contribution is -0.131. The van der Waals surface area contributed by atoms with Crippen LogP contribution >= 0.6 is 0 Å². The standard InChI is InChI=1S/C19H30N2O4S/c1-25-18-10-6-5-9-17(18)11-15-21(26(2,23)24)16-12-19(22)20-13-7-3-4-8-14-20/h5-6,9-10H,3-4,7-8,11-16H2,1-2H3. The van der Waals surface area contributed by atoms with Gasteiger partial charge in [0.15, 0.2) is 0 Å². The molecule has 1 fully saturated rings. The number of hydrogen-bond acceptors (Lipinski definition) is 4. The summed E-state index contributed by atoms with van der Waals surface area (Å²) < 4.78 is 31.0. The molecule has 1 aliphatic heterocycles. The summed E-state index contributed by atoms with van der Waals surface area (Å²) in [5, 5.41) is 0. The Kier molecular flexibility index (Phi) is 7.90. The number of ether oxygens (including phenoxy) is 1. The molecule has 146 valence electrons. The SMILES string of the molecule is COc1ccccc1CCN(CCC(=O)N1CCCCCC1)S(C)(=O)=O. The first-order chi connectivity index (χ1) is 12.4. The zero-order valence-electron chi connectivity index (χ0n) is 15.8. The number of rotatable bonds is 8. The minimum Gasteiger partial charge on any atom is -0.496 e. The molecule has 1 saturated heterocycles. The molecule has 0 N–H and O–H groups in total. The Hall–Kier alpha value is -1.60. The molecule has 1 amide bonds. The van der Waals surface area contributed by atoms with E-state index in [1.54, 1.807) is 7.11 Å². The zero-order chi connectivity index (χ0) is 19.0. The van der Waals surface area contributed by atoms with E-state index in [-0.39, 0.29) is 18.9 Å². The van der Waals surface area contributed by atoms with E-state index in [1.807, 2.05) is 29.2 Å². The first kappa shape index (κ1) is 20.7. The number of amides is 1. The predicted octanol–water partition coefficient (Wildman–Crippen LogP) is 2.29. The lowest BCUT2D eigenvalue weighted by Gasteiger charge is -2.24. The lowest BCUT2D eigenvalue weighted by Crippen LogP contribution is -2.38. The second-order valence-corrected chi connectivity index (χ2v) is 8.75. The third-order valence-electron chi connectivity index (χ3n) is 4.83. The number of benzene rings is 1.